The van der Waals surface area contributed by atoms with Crippen molar-refractivity contribution in [2.24, 2.45) is 23.5 Å². The van der Waals surface area contributed by atoms with Gasteiger partial charge in [0.15, 0.2) is 0 Å². The summed E-state index contributed by atoms with van der Waals surface area (Å²) in [5, 5.41) is 0. The zero-order chi connectivity index (χ0) is 11.1. The smallest absolute Gasteiger partial charge is 0.221 e. The number of primary amides is 1. The average molecular weight is 213 g/mol. The molecule has 3 rings (SSSR count). The number of benzene rings is 1. The summed E-state index contributed by atoms with van der Waals surface area (Å²) < 4.78 is 0. The van der Waals surface area contributed by atoms with Crippen LogP contribution in [0.2, 0.25) is 0 Å². The van der Waals surface area contributed by atoms with E-state index in [9.17, 15) is 4.79 Å². The fourth-order valence-corrected chi connectivity index (χ4v) is 3.34. The predicted molar refractivity (Wildman–Crippen MR) is 62.6 cm³/mol. The molecule has 1 aromatic rings. The van der Waals surface area contributed by atoms with Crippen LogP contribution in [0.3, 0.4) is 0 Å². The van der Waals surface area contributed by atoms with Crippen LogP contribution in [0.1, 0.15) is 17.9 Å². The molecule has 1 fully saturated rings. The maximum absolute atomic E-state index is 11.6. The second-order valence-corrected chi connectivity index (χ2v) is 4.81. The van der Waals surface area contributed by atoms with Crippen molar-refractivity contribution >= 4 is 5.91 Å². The van der Waals surface area contributed by atoms with Crippen molar-refractivity contribution < 1.29 is 4.79 Å². The average Bonchev–Trinajstić information content (AvgIpc) is 2.89. The fraction of sp³-hybridized carbons (Fsp3) is 0.357. The summed E-state index contributed by atoms with van der Waals surface area (Å²) in [5.41, 5.74) is 6.79. The maximum atomic E-state index is 11.6. The van der Waals surface area contributed by atoms with Gasteiger partial charge in [0, 0.05) is 5.92 Å². The predicted octanol–water partition coefficient (Wildman–Crippen LogP) is 2.08. The summed E-state index contributed by atoms with van der Waals surface area (Å²) in [6.45, 7) is 0. The van der Waals surface area contributed by atoms with E-state index in [0.29, 0.717) is 17.8 Å². The minimum Gasteiger partial charge on any atom is -0.369 e. The third-order valence-corrected chi connectivity index (χ3v) is 3.97. The molecule has 1 saturated carbocycles. The molecule has 82 valence electrons. The SMILES string of the molecule is NC(=O)[C@@H]1[C@@H](c2ccccc2)[C@@H]2C=C[C@H]1C2. The van der Waals surface area contributed by atoms with E-state index in [1.54, 1.807) is 0 Å². The summed E-state index contributed by atoms with van der Waals surface area (Å²) in [5.74, 6) is 1.02. The van der Waals surface area contributed by atoms with Crippen LogP contribution in [0, 0.1) is 17.8 Å². The number of fused-ring (bicyclic) bond motifs is 2. The molecule has 0 aliphatic heterocycles. The van der Waals surface area contributed by atoms with Crippen LogP contribution in [-0.2, 0) is 4.79 Å². The maximum Gasteiger partial charge on any atom is 0.221 e. The quantitative estimate of drug-likeness (QED) is 0.751. The number of rotatable bonds is 2. The molecule has 1 aromatic carbocycles. The molecule has 16 heavy (non-hydrogen) atoms. The highest BCUT2D eigenvalue weighted by atomic mass is 16.1. The molecule has 0 spiro atoms. The second-order valence-electron chi connectivity index (χ2n) is 4.81. The van der Waals surface area contributed by atoms with E-state index < -0.39 is 0 Å². The summed E-state index contributed by atoms with van der Waals surface area (Å²) in [6.07, 6.45) is 5.51. The van der Waals surface area contributed by atoms with Gasteiger partial charge in [-0.3, -0.25) is 4.79 Å². The standard InChI is InChI=1S/C14H15NO/c15-14(16)13-11-7-6-10(8-11)12(13)9-4-2-1-3-5-9/h1-7,10-13H,8H2,(H2,15,16)/t10-,11+,12+,13+/m1/s1. The Labute approximate surface area is 95.2 Å². The van der Waals surface area contributed by atoms with Crippen LogP contribution in [0.15, 0.2) is 42.5 Å². The van der Waals surface area contributed by atoms with E-state index in [1.807, 2.05) is 18.2 Å². The Bertz CT molecular complexity index is 437. The number of carbonyl (C=O) groups excluding carboxylic acids is 1. The van der Waals surface area contributed by atoms with Crippen LogP contribution >= 0.6 is 0 Å². The van der Waals surface area contributed by atoms with E-state index in [1.165, 1.54) is 5.56 Å². The van der Waals surface area contributed by atoms with Gasteiger partial charge in [-0.2, -0.15) is 0 Å². The largest absolute Gasteiger partial charge is 0.369 e. The van der Waals surface area contributed by atoms with Crippen LogP contribution in [0.5, 0.6) is 0 Å². The van der Waals surface area contributed by atoms with Crippen LogP contribution in [-0.4, -0.2) is 5.91 Å². The van der Waals surface area contributed by atoms with Gasteiger partial charge >= 0.3 is 0 Å². The first kappa shape index (κ1) is 9.64. The number of nitrogens with two attached hydrogens (primary N) is 1. The normalized spacial score (nSPS) is 35.5. The summed E-state index contributed by atoms with van der Waals surface area (Å²) in [4.78, 5) is 11.6. The van der Waals surface area contributed by atoms with Gasteiger partial charge in [0.25, 0.3) is 0 Å². The van der Waals surface area contributed by atoms with Gasteiger partial charge in [0.1, 0.15) is 0 Å². The lowest BCUT2D eigenvalue weighted by atomic mass is 9.78. The monoisotopic (exact) mass is 213 g/mol. The summed E-state index contributed by atoms with van der Waals surface area (Å²) >= 11 is 0. The van der Waals surface area contributed by atoms with Crippen molar-refractivity contribution in [2.45, 2.75) is 12.3 Å². The molecule has 0 aromatic heterocycles. The Morgan fingerprint density at radius 1 is 1.12 bits per heavy atom. The van der Waals surface area contributed by atoms with E-state index >= 15 is 0 Å². The molecule has 2 N–H and O–H groups in total. The number of hydrogen-bond acceptors (Lipinski definition) is 1. The van der Waals surface area contributed by atoms with Crippen LogP contribution in [0.4, 0.5) is 0 Å². The van der Waals surface area contributed by atoms with Crippen molar-refractivity contribution in [2.75, 3.05) is 0 Å². The van der Waals surface area contributed by atoms with Crippen molar-refractivity contribution in [3.8, 4) is 0 Å². The number of hydrogen-bond donors (Lipinski definition) is 1. The van der Waals surface area contributed by atoms with Crippen molar-refractivity contribution in [3.63, 3.8) is 0 Å². The van der Waals surface area contributed by atoms with Gasteiger partial charge in [0.05, 0.1) is 5.92 Å². The minimum atomic E-state index is -0.147. The molecule has 2 bridgehead atoms. The Morgan fingerprint density at radius 3 is 2.50 bits per heavy atom. The molecule has 1 amide bonds. The minimum absolute atomic E-state index is 0.00241. The topological polar surface area (TPSA) is 43.1 Å². The molecule has 2 aliphatic rings. The van der Waals surface area contributed by atoms with Crippen molar-refractivity contribution in [3.05, 3.63) is 48.0 Å². The summed E-state index contributed by atoms with van der Waals surface area (Å²) in [6, 6.07) is 10.3. The Morgan fingerprint density at radius 2 is 1.81 bits per heavy atom. The molecule has 0 unspecified atom stereocenters. The Kier molecular flexibility index (Phi) is 2.10. The summed E-state index contributed by atoms with van der Waals surface area (Å²) in [7, 11) is 0. The zero-order valence-electron chi connectivity index (χ0n) is 9.04. The molecular formula is C14H15NO. The first-order valence-corrected chi connectivity index (χ1v) is 5.80. The van der Waals surface area contributed by atoms with E-state index in [2.05, 4.69) is 24.3 Å². The second kappa shape index (κ2) is 3.48. The zero-order valence-corrected chi connectivity index (χ0v) is 9.04. The van der Waals surface area contributed by atoms with E-state index in [-0.39, 0.29) is 11.8 Å². The van der Waals surface area contributed by atoms with E-state index in [4.69, 9.17) is 5.73 Å². The van der Waals surface area contributed by atoms with Crippen LogP contribution < -0.4 is 5.73 Å². The Hall–Kier alpha value is -1.57. The number of amides is 1. The third kappa shape index (κ3) is 1.29. The molecule has 0 heterocycles. The van der Waals surface area contributed by atoms with Gasteiger partial charge in [0.2, 0.25) is 5.91 Å². The molecule has 2 nitrogen and oxygen atoms in total. The van der Waals surface area contributed by atoms with Gasteiger partial charge in [-0.05, 0) is 23.8 Å². The lowest BCUT2D eigenvalue weighted by molar-refractivity contribution is -0.123. The van der Waals surface area contributed by atoms with Gasteiger partial charge in [-0.25, -0.2) is 0 Å². The highest BCUT2D eigenvalue weighted by Crippen LogP contribution is 2.52. The molecular weight excluding hydrogens is 198 g/mol. The highest BCUT2D eigenvalue weighted by Gasteiger charge is 2.47. The first-order valence-electron chi connectivity index (χ1n) is 5.80. The lowest BCUT2D eigenvalue weighted by Crippen LogP contribution is -2.31. The van der Waals surface area contributed by atoms with Gasteiger partial charge in [-0.1, -0.05) is 42.5 Å². The molecule has 0 saturated heterocycles. The fourth-order valence-electron chi connectivity index (χ4n) is 3.34. The number of carbonyl (C=O) groups is 1. The lowest BCUT2D eigenvalue weighted by Gasteiger charge is -2.25. The third-order valence-electron chi connectivity index (χ3n) is 3.97. The molecule has 2 aliphatic carbocycles. The number of allylic oxidation sites excluding steroid dienone is 2. The molecule has 2 heteroatoms. The van der Waals surface area contributed by atoms with Gasteiger partial charge < -0.3 is 5.73 Å². The highest BCUT2D eigenvalue weighted by molar-refractivity contribution is 5.79. The van der Waals surface area contributed by atoms with Crippen molar-refractivity contribution in [1.29, 1.82) is 0 Å². The Balaban J connectivity index is 2.00. The van der Waals surface area contributed by atoms with E-state index in [0.717, 1.165) is 6.42 Å². The first-order chi connectivity index (χ1) is 7.77. The van der Waals surface area contributed by atoms with Crippen LogP contribution in [0.25, 0.3) is 0 Å². The molecule has 4 atom stereocenters. The van der Waals surface area contributed by atoms with Crippen molar-refractivity contribution in [1.82, 2.24) is 0 Å². The van der Waals surface area contributed by atoms with Gasteiger partial charge in [-0.15, -0.1) is 0 Å². The molecule has 0 radical (unpaired) electrons.